The van der Waals surface area contributed by atoms with Crippen LogP contribution in [0, 0.1) is 5.82 Å². The summed E-state index contributed by atoms with van der Waals surface area (Å²) in [5.74, 6) is -2.91. The van der Waals surface area contributed by atoms with Crippen LogP contribution >= 0.6 is 11.6 Å². The van der Waals surface area contributed by atoms with Crippen molar-refractivity contribution in [1.82, 2.24) is 15.3 Å². The van der Waals surface area contributed by atoms with Gasteiger partial charge < -0.3 is 19.5 Å². The molecule has 0 bridgehead atoms. The molecule has 152 valence electrons. The fourth-order valence-electron chi connectivity index (χ4n) is 2.18. The molecule has 0 fully saturated rings. The maximum Gasteiger partial charge on any atom is 0.573 e. The Morgan fingerprint density at radius 3 is 2.54 bits per heavy atom. The average Bonchev–Trinajstić information content (AvgIpc) is 2.61. The van der Waals surface area contributed by atoms with Gasteiger partial charge in [-0.1, -0.05) is 6.07 Å². The third kappa shape index (κ3) is 5.92. The number of carbonyl (C=O) groups excluding carboxylic acids is 1. The van der Waals surface area contributed by atoms with Gasteiger partial charge in [-0.2, -0.15) is 4.98 Å². The Morgan fingerprint density at radius 2 is 1.96 bits per heavy atom. The Balaban J connectivity index is 2.24. The predicted octanol–water partition coefficient (Wildman–Crippen LogP) is 3.29. The molecule has 1 atom stereocenters. The number of hydrogen-bond donors (Lipinski definition) is 1. The molecule has 0 saturated heterocycles. The van der Waals surface area contributed by atoms with Crippen molar-refractivity contribution in [3.05, 3.63) is 46.6 Å². The van der Waals surface area contributed by atoms with Crippen LogP contribution in [0.1, 0.15) is 22.1 Å². The zero-order valence-electron chi connectivity index (χ0n) is 14.5. The summed E-state index contributed by atoms with van der Waals surface area (Å²) in [7, 11) is 2.66. The largest absolute Gasteiger partial charge is 0.573 e. The number of halogens is 5. The topological polar surface area (TPSA) is 82.6 Å². The Labute approximate surface area is 161 Å². The SMILES string of the molecule is COCC(NC(=O)c1cc(OC)nc(Cl)n1)c1ccc(OC(F)(F)F)c(F)c1. The smallest absolute Gasteiger partial charge is 0.481 e. The summed E-state index contributed by atoms with van der Waals surface area (Å²) in [6, 6.07) is 3.11. The average molecular weight is 424 g/mol. The number of hydrogen-bond acceptors (Lipinski definition) is 6. The van der Waals surface area contributed by atoms with Crippen molar-refractivity contribution in [2.75, 3.05) is 20.8 Å². The molecule has 0 saturated carbocycles. The Bertz CT molecular complexity index is 851. The van der Waals surface area contributed by atoms with E-state index in [0.717, 1.165) is 12.1 Å². The first-order valence-corrected chi connectivity index (χ1v) is 7.94. The minimum atomic E-state index is -5.03. The van der Waals surface area contributed by atoms with Crippen LogP contribution < -0.4 is 14.8 Å². The van der Waals surface area contributed by atoms with Crippen molar-refractivity contribution in [2.45, 2.75) is 12.4 Å². The van der Waals surface area contributed by atoms with E-state index in [-0.39, 0.29) is 29.0 Å². The molecule has 2 rings (SSSR count). The number of benzene rings is 1. The molecule has 1 aromatic heterocycles. The van der Waals surface area contributed by atoms with Crippen LogP contribution in [-0.4, -0.2) is 43.1 Å². The van der Waals surface area contributed by atoms with Crippen LogP contribution in [0.2, 0.25) is 5.28 Å². The van der Waals surface area contributed by atoms with Gasteiger partial charge in [0.1, 0.15) is 5.69 Å². The highest BCUT2D eigenvalue weighted by atomic mass is 35.5. The van der Waals surface area contributed by atoms with E-state index >= 15 is 0 Å². The first-order valence-electron chi connectivity index (χ1n) is 7.56. The van der Waals surface area contributed by atoms with Gasteiger partial charge in [-0.25, -0.2) is 9.37 Å². The molecular weight excluding hydrogens is 410 g/mol. The van der Waals surface area contributed by atoms with Gasteiger partial charge in [-0.05, 0) is 29.3 Å². The molecule has 0 aliphatic carbocycles. The number of alkyl halides is 3. The van der Waals surface area contributed by atoms with Gasteiger partial charge in [0.05, 0.1) is 19.8 Å². The van der Waals surface area contributed by atoms with E-state index in [2.05, 4.69) is 20.0 Å². The maximum absolute atomic E-state index is 14.0. The van der Waals surface area contributed by atoms with Gasteiger partial charge >= 0.3 is 6.36 Å². The zero-order chi connectivity index (χ0) is 20.9. The van der Waals surface area contributed by atoms with Crippen LogP contribution in [0.5, 0.6) is 11.6 Å². The van der Waals surface area contributed by atoms with Crippen molar-refractivity contribution < 1.29 is 36.6 Å². The molecule has 0 aliphatic heterocycles. The van der Waals surface area contributed by atoms with Gasteiger partial charge in [0.2, 0.25) is 11.2 Å². The summed E-state index contributed by atoms with van der Waals surface area (Å²) < 4.78 is 64.2. The molecule has 1 heterocycles. The molecule has 1 N–H and O–H groups in total. The molecule has 0 spiro atoms. The van der Waals surface area contributed by atoms with Crippen LogP contribution in [0.15, 0.2) is 24.3 Å². The second kappa shape index (κ2) is 9.02. The Kier molecular flexibility index (Phi) is 6.97. The molecule has 0 aliphatic rings. The molecule has 1 unspecified atom stereocenters. The highest BCUT2D eigenvalue weighted by Crippen LogP contribution is 2.28. The van der Waals surface area contributed by atoms with Crippen molar-refractivity contribution in [3.8, 4) is 11.6 Å². The number of nitrogens with one attached hydrogen (secondary N) is 1. The zero-order valence-corrected chi connectivity index (χ0v) is 15.3. The van der Waals surface area contributed by atoms with Crippen molar-refractivity contribution >= 4 is 17.5 Å². The summed E-state index contributed by atoms with van der Waals surface area (Å²) in [6.45, 7) is -0.0966. The number of aromatic nitrogens is 2. The van der Waals surface area contributed by atoms with E-state index in [4.69, 9.17) is 21.1 Å². The van der Waals surface area contributed by atoms with E-state index in [9.17, 15) is 22.4 Å². The van der Waals surface area contributed by atoms with Gasteiger partial charge in [-0.15, -0.1) is 13.2 Å². The third-order valence-electron chi connectivity index (χ3n) is 3.34. The third-order valence-corrected chi connectivity index (χ3v) is 3.51. The number of nitrogens with zero attached hydrogens (tertiary/aromatic N) is 2. The monoisotopic (exact) mass is 423 g/mol. The number of amides is 1. The molecular formula is C16H14ClF4N3O4. The fraction of sp³-hybridized carbons (Fsp3) is 0.312. The first-order chi connectivity index (χ1) is 13.1. The summed E-state index contributed by atoms with van der Waals surface area (Å²) >= 11 is 5.72. The van der Waals surface area contributed by atoms with Gasteiger partial charge in [0.15, 0.2) is 11.6 Å². The number of rotatable bonds is 7. The number of carbonyl (C=O) groups is 1. The van der Waals surface area contributed by atoms with E-state index < -0.39 is 29.9 Å². The minimum Gasteiger partial charge on any atom is -0.481 e. The Hall–Kier alpha value is -2.66. The summed E-state index contributed by atoms with van der Waals surface area (Å²) in [5.41, 5.74) is 0.0183. The van der Waals surface area contributed by atoms with Crippen LogP contribution in [-0.2, 0) is 4.74 Å². The Morgan fingerprint density at radius 1 is 1.25 bits per heavy atom. The highest BCUT2D eigenvalue weighted by Gasteiger charge is 2.32. The predicted molar refractivity (Wildman–Crippen MR) is 88.8 cm³/mol. The number of methoxy groups -OCH3 is 2. The van der Waals surface area contributed by atoms with Crippen LogP contribution in [0.4, 0.5) is 17.6 Å². The summed E-state index contributed by atoms with van der Waals surface area (Å²) in [5, 5.41) is 2.30. The fourth-order valence-corrected chi connectivity index (χ4v) is 2.35. The molecule has 1 aromatic carbocycles. The second-order valence-electron chi connectivity index (χ2n) is 5.28. The minimum absolute atomic E-state index is 0.0492. The molecule has 28 heavy (non-hydrogen) atoms. The molecule has 2 aromatic rings. The lowest BCUT2D eigenvalue weighted by molar-refractivity contribution is -0.275. The van der Waals surface area contributed by atoms with Gasteiger partial charge in [0, 0.05) is 13.2 Å². The van der Waals surface area contributed by atoms with Crippen molar-refractivity contribution in [3.63, 3.8) is 0 Å². The second-order valence-corrected chi connectivity index (χ2v) is 5.62. The lowest BCUT2D eigenvalue weighted by Gasteiger charge is -2.19. The lowest BCUT2D eigenvalue weighted by Crippen LogP contribution is -2.32. The molecule has 1 amide bonds. The summed E-state index contributed by atoms with van der Waals surface area (Å²) in [6.07, 6.45) is -5.03. The molecule has 12 heteroatoms. The van der Waals surface area contributed by atoms with Crippen LogP contribution in [0.3, 0.4) is 0 Å². The van der Waals surface area contributed by atoms with Crippen LogP contribution in [0.25, 0.3) is 0 Å². The lowest BCUT2D eigenvalue weighted by atomic mass is 10.1. The van der Waals surface area contributed by atoms with Crippen molar-refractivity contribution in [2.24, 2.45) is 0 Å². The van der Waals surface area contributed by atoms with E-state index in [0.29, 0.717) is 0 Å². The normalized spacial score (nSPS) is 12.4. The molecule has 7 nitrogen and oxygen atoms in total. The standard InChI is InChI=1S/C16H14ClF4N3O4/c1-26-7-11(8-3-4-12(9(18)5-8)28-16(19,20)21)22-14(25)10-6-13(27-2)24-15(17)23-10/h3-6,11H,7H2,1-2H3,(H,22,25). The highest BCUT2D eigenvalue weighted by molar-refractivity contribution is 6.28. The molecule has 0 radical (unpaired) electrons. The van der Waals surface area contributed by atoms with E-state index in [1.54, 1.807) is 0 Å². The van der Waals surface area contributed by atoms with E-state index in [1.165, 1.54) is 26.4 Å². The number of ether oxygens (including phenoxy) is 3. The summed E-state index contributed by atoms with van der Waals surface area (Å²) in [4.78, 5) is 19.9. The van der Waals surface area contributed by atoms with Gasteiger partial charge in [-0.3, -0.25) is 4.79 Å². The van der Waals surface area contributed by atoms with Crippen molar-refractivity contribution in [1.29, 1.82) is 0 Å². The maximum atomic E-state index is 14.0. The van der Waals surface area contributed by atoms with Gasteiger partial charge in [0.25, 0.3) is 5.91 Å². The van der Waals surface area contributed by atoms with E-state index in [1.807, 2.05) is 0 Å². The first kappa shape index (κ1) is 21.6. The quantitative estimate of drug-likeness (QED) is 0.543.